The second kappa shape index (κ2) is 14.7. The molecule has 0 heterocycles. The SMILES string of the molecule is CCC(C)(C)c1ccc(OCCCC(=O)Oc2ccc(/C=C(\C#N)C(=O)NCCOC)cc2OC)cc1. The molecular weight excluding hydrogens is 472 g/mol. The van der Waals surface area contributed by atoms with Crippen LogP contribution in [0.3, 0.4) is 0 Å². The van der Waals surface area contributed by atoms with Crippen molar-refractivity contribution in [2.75, 3.05) is 34.0 Å². The number of carbonyl (C=O) groups is 2. The van der Waals surface area contributed by atoms with E-state index in [0.717, 1.165) is 12.2 Å². The fourth-order valence-electron chi connectivity index (χ4n) is 3.32. The fraction of sp³-hybridized carbons (Fsp3) is 0.414. The molecule has 0 aliphatic rings. The standard InChI is InChI=1S/C29H36N2O6/c1-6-29(2,3)23-10-12-24(13-11-23)36-16-7-8-27(32)37-25-14-9-21(19-26(25)35-5)18-22(20-30)28(33)31-15-17-34-4/h9-14,18-19H,6-8,15-17H2,1-5H3,(H,31,33)/b22-18+. The third-order valence-electron chi connectivity index (χ3n) is 5.99. The minimum atomic E-state index is -0.503. The van der Waals surface area contributed by atoms with Crippen LogP contribution in [-0.2, 0) is 19.7 Å². The van der Waals surface area contributed by atoms with Crippen LogP contribution in [0.5, 0.6) is 17.2 Å². The zero-order valence-corrected chi connectivity index (χ0v) is 22.3. The Morgan fingerprint density at radius 2 is 1.78 bits per heavy atom. The monoisotopic (exact) mass is 508 g/mol. The fourth-order valence-corrected chi connectivity index (χ4v) is 3.32. The number of methoxy groups -OCH3 is 2. The summed E-state index contributed by atoms with van der Waals surface area (Å²) in [6, 6.07) is 14.7. The summed E-state index contributed by atoms with van der Waals surface area (Å²) in [4.78, 5) is 24.5. The molecule has 0 saturated carbocycles. The maximum absolute atomic E-state index is 12.4. The highest BCUT2D eigenvalue weighted by molar-refractivity contribution is 6.01. The van der Waals surface area contributed by atoms with Crippen LogP contribution < -0.4 is 19.5 Å². The summed E-state index contributed by atoms with van der Waals surface area (Å²) >= 11 is 0. The molecule has 37 heavy (non-hydrogen) atoms. The van der Waals surface area contributed by atoms with Gasteiger partial charge in [-0.25, -0.2) is 0 Å². The average molecular weight is 509 g/mol. The first-order valence-corrected chi connectivity index (χ1v) is 12.2. The molecule has 0 saturated heterocycles. The Morgan fingerprint density at radius 1 is 1.05 bits per heavy atom. The second-order valence-corrected chi connectivity index (χ2v) is 9.02. The van der Waals surface area contributed by atoms with Gasteiger partial charge in [0.15, 0.2) is 11.5 Å². The van der Waals surface area contributed by atoms with Gasteiger partial charge in [0, 0.05) is 20.1 Å². The van der Waals surface area contributed by atoms with Gasteiger partial charge in [0.1, 0.15) is 17.4 Å². The van der Waals surface area contributed by atoms with E-state index in [1.807, 2.05) is 18.2 Å². The summed E-state index contributed by atoms with van der Waals surface area (Å²) in [5.74, 6) is 0.407. The molecule has 198 valence electrons. The van der Waals surface area contributed by atoms with Gasteiger partial charge in [-0.1, -0.05) is 39.0 Å². The predicted octanol–water partition coefficient (Wildman–Crippen LogP) is 4.82. The van der Waals surface area contributed by atoms with Crippen molar-refractivity contribution in [2.24, 2.45) is 0 Å². The first kappa shape index (κ1) is 29.4. The molecule has 0 aliphatic carbocycles. The maximum atomic E-state index is 12.4. The highest BCUT2D eigenvalue weighted by atomic mass is 16.6. The molecule has 2 aromatic carbocycles. The van der Waals surface area contributed by atoms with Gasteiger partial charge in [-0.15, -0.1) is 0 Å². The van der Waals surface area contributed by atoms with Gasteiger partial charge in [0.05, 0.1) is 20.3 Å². The van der Waals surface area contributed by atoms with Gasteiger partial charge in [-0.3, -0.25) is 9.59 Å². The Hall–Kier alpha value is -3.83. The van der Waals surface area contributed by atoms with Gasteiger partial charge in [0.2, 0.25) is 0 Å². The van der Waals surface area contributed by atoms with E-state index in [1.165, 1.54) is 25.9 Å². The Kier molecular flexibility index (Phi) is 11.7. The number of nitriles is 1. The van der Waals surface area contributed by atoms with Crippen molar-refractivity contribution in [3.63, 3.8) is 0 Å². The number of carbonyl (C=O) groups excluding carboxylic acids is 2. The van der Waals surface area contributed by atoms with Crippen molar-refractivity contribution in [3.8, 4) is 23.3 Å². The first-order valence-electron chi connectivity index (χ1n) is 12.2. The van der Waals surface area contributed by atoms with Crippen LogP contribution in [0.15, 0.2) is 48.0 Å². The Balaban J connectivity index is 1.89. The van der Waals surface area contributed by atoms with Gasteiger partial charge in [-0.05, 0) is 59.7 Å². The largest absolute Gasteiger partial charge is 0.494 e. The van der Waals surface area contributed by atoms with E-state index >= 15 is 0 Å². The molecule has 0 fully saturated rings. The van der Waals surface area contributed by atoms with E-state index in [9.17, 15) is 14.9 Å². The third-order valence-corrected chi connectivity index (χ3v) is 5.99. The van der Waals surface area contributed by atoms with Gasteiger partial charge >= 0.3 is 5.97 Å². The number of benzene rings is 2. The lowest BCUT2D eigenvalue weighted by Crippen LogP contribution is -2.27. The summed E-state index contributed by atoms with van der Waals surface area (Å²) < 4.78 is 21.4. The molecule has 0 aromatic heterocycles. The van der Waals surface area contributed by atoms with Crippen molar-refractivity contribution in [3.05, 3.63) is 59.2 Å². The topological polar surface area (TPSA) is 107 Å². The molecule has 2 aromatic rings. The predicted molar refractivity (Wildman–Crippen MR) is 142 cm³/mol. The van der Waals surface area contributed by atoms with Crippen LogP contribution in [0.25, 0.3) is 6.08 Å². The molecule has 0 aliphatic heterocycles. The number of rotatable bonds is 14. The van der Waals surface area contributed by atoms with Crippen LogP contribution in [0.2, 0.25) is 0 Å². The van der Waals surface area contributed by atoms with Crippen LogP contribution in [-0.4, -0.2) is 45.9 Å². The number of nitrogens with zero attached hydrogens (tertiary/aromatic N) is 1. The highest BCUT2D eigenvalue weighted by Gasteiger charge is 2.17. The van der Waals surface area contributed by atoms with E-state index < -0.39 is 11.9 Å². The van der Waals surface area contributed by atoms with Crippen molar-refractivity contribution in [2.45, 2.75) is 45.4 Å². The van der Waals surface area contributed by atoms with Gasteiger partial charge in [0.25, 0.3) is 5.91 Å². The summed E-state index contributed by atoms with van der Waals surface area (Å²) in [5, 5.41) is 11.9. The molecular formula is C29H36N2O6. The molecule has 8 nitrogen and oxygen atoms in total. The molecule has 0 radical (unpaired) electrons. The van der Waals surface area contributed by atoms with Crippen LogP contribution in [0.4, 0.5) is 0 Å². The van der Waals surface area contributed by atoms with Crippen molar-refractivity contribution in [1.29, 1.82) is 5.26 Å². The van der Waals surface area contributed by atoms with Crippen LogP contribution in [0.1, 0.15) is 51.2 Å². The van der Waals surface area contributed by atoms with Crippen molar-refractivity contribution >= 4 is 18.0 Å². The minimum absolute atomic E-state index is 0.0633. The molecule has 0 atom stereocenters. The molecule has 1 amide bonds. The van der Waals surface area contributed by atoms with Crippen molar-refractivity contribution < 1.29 is 28.5 Å². The van der Waals surface area contributed by atoms with E-state index in [1.54, 1.807) is 18.2 Å². The molecule has 1 N–H and O–H groups in total. The number of hydrogen-bond acceptors (Lipinski definition) is 7. The number of ether oxygens (including phenoxy) is 4. The summed E-state index contributed by atoms with van der Waals surface area (Å²) in [6.07, 6.45) is 3.15. The maximum Gasteiger partial charge on any atom is 0.311 e. The van der Waals surface area contributed by atoms with Crippen molar-refractivity contribution in [1.82, 2.24) is 5.32 Å². The molecule has 0 bridgehead atoms. The average Bonchev–Trinajstić information content (AvgIpc) is 2.90. The normalized spacial score (nSPS) is 11.4. The number of amides is 1. The number of hydrogen-bond donors (Lipinski definition) is 1. The highest BCUT2D eigenvalue weighted by Crippen LogP contribution is 2.30. The number of esters is 1. The quantitative estimate of drug-likeness (QED) is 0.128. The first-order chi connectivity index (χ1) is 17.7. The van der Waals surface area contributed by atoms with Gasteiger partial charge in [-0.2, -0.15) is 5.26 Å². The Morgan fingerprint density at radius 3 is 2.41 bits per heavy atom. The van der Waals surface area contributed by atoms with E-state index in [0.29, 0.717) is 37.5 Å². The Labute approximate surface area is 219 Å². The third kappa shape index (κ3) is 9.28. The van der Waals surface area contributed by atoms with Crippen LogP contribution in [0, 0.1) is 11.3 Å². The zero-order chi connectivity index (χ0) is 27.3. The summed E-state index contributed by atoms with van der Waals surface area (Å²) in [5.41, 5.74) is 1.87. The lowest BCUT2D eigenvalue weighted by atomic mass is 9.82. The minimum Gasteiger partial charge on any atom is -0.494 e. The summed E-state index contributed by atoms with van der Waals surface area (Å²) in [7, 11) is 2.97. The Bertz CT molecular complexity index is 1120. The van der Waals surface area contributed by atoms with E-state index in [-0.39, 0.29) is 23.2 Å². The lowest BCUT2D eigenvalue weighted by molar-refractivity contribution is -0.134. The smallest absolute Gasteiger partial charge is 0.311 e. The second-order valence-electron chi connectivity index (χ2n) is 9.02. The lowest BCUT2D eigenvalue weighted by Gasteiger charge is -2.23. The molecule has 0 spiro atoms. The van der Waals surface area contributed by atoms with E-state index in [2.05, 4.69) is 38.2 Å². The number of nitrogens with one attached hydrogen (secondary N) is 1. The molecule has 0 unspecified atom stereocenters. The zero-order valence-electron chi connectivity index (χ0n) is 22.3. The molecule has 2 rings (SSSR count). The van der Waals surface area contributed by atoms with Crippen LogP contribution >= 0.6 is 0 Å². The summed E-state index contributed by atoms with van der Waals surface area (Å²) in [6.45, 7) is 7.61. The molecule has 8 heteroatoms. The van der Waals surface area contributed by atoms with E-state index in [4.69, 9.17) is 18.9 Å². The van der Waals surface area contributed by atoms with Gasteiger partial charge < -0.3 is 24.3 Å².